The molecule has 0 unspecified atom stereocenters. The lowest BCUT2D eigenvalue weighted by atomic mass is 10.0. The van der Waals surface area contributed by atoms with Crippen LogP contribution in [0.3, 0.4) is 0 Å². The van der Waals surface area contributed by atoms with Crippen LogP contribution in [0.5, 0.6) is 0 Å². The lowest BCUT2D eigenvalue weighted by Crippen LogP contribution is -2.53. The van der Waals surface area contributed by atoms with Crippen molar-refractivity contribution in [3.63, 3.8) is 0 Å². The first-order valence-electron chi connectivity index (χ1n) is 13.1. The van der Waals surface area contributed by atoms with Crippen LogP contribution >= 0.6 is 11.6 Å². The Morgan fingerprint density at radius 3 is 2.12 bits per heavy atom. The molecule has 4 aromatic carbocycles. The highest BCUT2D eigenvalue weighted by molar-refractivity contribution is 7.92. The maximum atomic E-state index is 14.3. The van der Waals surface area contributed by atoms with Crippen LogP contribution in [0.2, 0.25) is 5.02 Å². The van der Waals surface area contributed by atoms with E-state index in [9.17, 15) is 18.0 Å². The number of halogens is 1. The highest BCUT2D eigenvalue weighted by Crippen LogP contribution is 2.26. The molecule has 41 heavy (non-hydrogen) atoms. The Bertz CT molecular complexity index is 1600. The molecule has 4 rings (SSSR count). The molecule has 0 aliphatic heterocycles. The summed E-state index contributed by atoms with van der Waals surface area (Å²) in [7, 11) is -2.62. The molecule has 0 radical (unpaired) electrons. The molecule has 0 saturated carbocycles. The summed E-state index contributed by atoms with van der Waals surface area (Å²) in [5.41, 5.74) is 2.67. The van der Waals surface area contributed by atoms with E-state index in [0.29, 0.717) is 16.3 Å². The number of carbonyl (C=O) groups is 2. The molecule has 4 aromatic rings. The van der Waals surface area contributed by atoms with Gasteiger partial charge < -0.3 is 10.2 Å². The van der Waals surface area contributed by atoms with E-state index in [1.165, 1.54) is 24.1 Å². The van der Waals surface area contributed by atoms with Crippen LogP contribution in [0.1, 0.15) is 16.7 Å². The summed E-state index contributed by atoms with van der Waals surface area (Å²) in [5, 5.41) is 3.11. The van der Waals surface area contributed by atoms with Crippen molar-refractivity contribution in [3.05, 3.63) is 131 Å². The van der Waals surface area contributed by atoms with Crippen molar-refractivity contribution in [2.75, 3.05) is 17.9 Å². The number of benzene rings is 4. The van der Waals surface area contributed by atoms with E-state index in [1.807, 2.05) is 43.3 Å². The lowest BCUT2D eigenvalue weighted by Gasteiger charge is -2.33. The van der Waals surface area contributed by atoms with E-state index >= 15 is 0 Å². The summed E-state index contributed by atoms with van der Waals surface area (Å²) in [6, 6.07) is 30.5. The molecule has 0 heterocycles. The fourth-order valence-corrected chi connectivity index (χ4v) is 6.18. The van der Waals surface area contributed by atoms with Crippen molar-refractivity contribution in [2.45, 2.75) is 30.8 Å². The highest BCUT2D eigenvalue weighted by atomic mass is 35.5. The zero-order valence-corrected chi connectivity index (χ0v) is 24.5. The summed E-state index contributed by atoms with van der Waals surface area (Å²) in [6.07, 6.45) is 0.229. The Morgan fingerprint density at radius 1 is 0.854 bits per heavy atom. The predicted octanol–water partition coefficient (Wildman–Crippen LogP) is 5.23. The first kappa shape index (κ1) is 29.8. The molecule has 0 aliphatic rings. The van der Waals surface area contributed by atoms with E-state index < -0.39 is 28.5 Å². The van der Waals surface area contributed by atoms with Crippen LogP contribution in [-0.2, 0) is 32.6 Å². The van der Waals surface area contributed by atoms with Crippen LogP contribution in [0, 0.1) is 6.92 Å². The molecule has 212 valence electrons. The number of nitrogens with one attached hydrogen (secondary N) is 1. The van der Waals surface area contributed by atoms with E-state index in [2.05, 4.69) is 5.32 Å². The van der Waals surface area contributed by atoms with Gasteiger partial charge in [0, 0.05) is 25.0 Å². The molecule has 7 nitrogen and oxygen atoms in total. The van der Waals surface area contributed by atoms with Gasteiger partial charge in [-0.15, -0.1) is 0 Å². The number of likely N-dealkylation sites (N-methyl/N-ethyl adjacent to an activating group) is 1. The van der Waals surface area contributed by atoms with Crippen molar-refractivity contribution >= 4 is 39.1 Å². The van der Waals surface area contributed by atoms with Crippen molar-refractivity contribution in [3.8, 4) is 0 Å². The molecule has 0 aromatic heterocycles. The third-order valence-electron chi connectivity index (χ3n) is 6.72. The summed E-state index contributed by atoms with van der Waals surface area (Å²) in [5.74, 6) is -0.919. The molecule has 0 fully saturated rings. The molecule has 0 bridgehead atoms. The first-order chi connectivity index (χ1) is 19.7. The second-order valence-corrected chi connectivity index (χ2v) is 11.9. The first-order valence-corrected chi connectivity index (χ1v) is 15.0. The average Bonchev–Trinajstić information content (AvgIpc) is 2.99. The number of anilines is 1. The topological polar surface area (TPSA) is 86.8 Å². The van der Waals surface area contributed by atoms with Gasteiger partial charge in [-0.05, 0) is 53.9 Å². The molecule has 1 atom stereocenters. The van der Waals surface area contributed by atoms with Crippen LogP contribution in [-0.4, -0.2) is 44.8 Å². The summed E-state index contributed by atoms with van der Waals surface area (Å²) >= 11 is 6.48. The molecule has 1 N–H and O–H groups in total. The van der Waals surface area contributed by atoms with Crippen molar-refractivity contribution < 1.29 is 18.0 Å². The quantitative estimate of drug-likeness (QED) is 0.260. The van der Waals surface area contributed by atoms with Crippen molar-refractivity contribution in [2.24, 2.45) is 0 Å². The van der Waals surface area contributed by atoms with Crippen LogP contribution in [0.25, 0.3) is 0 Å². The highest BCUT2D eigenvalue weighted by Gasteiger charge is 2.34. The predicted molar refractivity (Wildman–Crippen MR) is 162 cm³/mol. The van der Waals surface area contributed by atoms with Crippen LogP contribution in [0.4, 0.5) is 5.69 Å². The van der Waals surface area contributed by atoms with Gasteiger partial charge in [0.25, 0.3) is 10.0 Å². The monoisotopic (exact) mass is 589 g/mol. The smallest absolute Gasteiger partial charge is 0.264 e. The van der Waals surface area contributed by atoms with Gasteiger partial charge in [-0.25, -0.2) is 8.42 Å². The molecular formula is C32H32ClN3O4S. The lowest BCUT2D eigenvalue weighted by molar-refractivity contribution is -0.139. The fraction of sp³-hybridized carbons (Fsp3) is 0.188. The standard InChI is InChI=1S/C32H32ClN3O4S/c1-24-12-11-16-27(20-24)36(41(39,40)28-17-7-4-8-18-28)23-31(37)35(22-26-15-9-10-19-29(26)33)30(32(38)34-2)21-25-13-5-3-6-14-25/h3-20,30H,21-23H2,1-2H3,(H,34,38)/t30-/m1/s1. The Kier molecular flexibility index (Phi) is 9.81. The molecular weight excluding hydrogens is 558 g/mol. The molecule has 0 spiro atoms. The maximum absolute atomic E-state index is 14.3. The van der Waals surface area contributed by atoms with Crippen LogP contribution < -0.4 is 9.62 Å². The Morgan fingerprint density at radius 2 is 1.49 bits per heavy atom. The Labute approximate surface area is 246 Å². The number of hydrogen-bond donors (Lipinski definition) is 1. The number of nitrogens with zero attached hydrogens (tertiary/aromatic N) is 2. The number of sulfonamides is 1. The zero-order valence-electron chi connectivity index (χ0n) is 22.9. The third-order valence-corrected chi connectivity index (χ3v) is 8.87. The van der Waals surface area contributed by atoms with E-state index in [1.54, 1.807) is 60.7 Å². The van der Waals surface area contributed by atoms with Gasteiger partial charge in [0.1, 0.15) is 12.6 Å². The van der Waals surface area contributed by atoms with Gasteiger partial charge in [0.05, 0.1) is 10.6 Å². The second-order valence-electron chi connectivity index (χ2n) is 9.60. The zero-order chi connectivity index (χ0) is 29.4. The Hall–Kier alpha value is -4.14. The molecule has 2 amide bonds. The summed E-state index contributed by atoms with van der Waals surface area (Å²) in [6.45, 7) is 1.34. The number of carbonyl (C=O) groups excluding carboxylic acids is 2. The summed E-state index contributed by atoms with van der Waals surface area (Å²) < 4.78 is 28.9. The molecule has 9 heteroatoms. The van der Waals surface area contributed by atoms with E-state index in [4.69, 9.17) is 11.6 Å². The van der Waals surface area contributed by atoms with Gasteiger partial charge >= 0.3 is 0 Å². The van der Waals surface area contributed by atoms with Crippen molar-refractivity contribution in [1.82, 2.24) is 10.2 Å². The van der Waals surface area contributed by atoms with Gasteiger partial charge in [-0.2, -0.15) is 0 Å². The van der Waals surface area contributed by atoms with Gasteiger partial charge in [-0.3, -0.25) is 13.9 Å². The number of amides is 2. The molecule has 0 saturated heterocycles. The minimum Gasteiger partial charge on any atom is -0.357 e. The average molecular weight is 590 g/mol. The SMILES string of the molecule is CNC(=O)[C@@H](Cc1ccccc1)N(Cc1ccccc1Cl)C(=O)CN(c1cccc(C)c1)S(=O)(=O)c1ccccc1. The Balaban J connectivity index is 1.79. The number of hydrogen-bond acceptors (Lipinski definition) is 4. The second kappa shape index (κ2) is 13.5. The summed E-state index contributed by atoms with van der Waals surface area (Å²) in [4.78, 5) is 29.0. The third kappa shape index (κ3) is 7.34. The number of rotatable bonds is 11. The van der Waals surface area contributed by atoms with Gasteiger partial charge in [-0.1, -0.05) is 90.5 Å². The van der Waals surface area contributed by atoms with Gasteiger partial charge in [0.2, 0.25) is 11.8 Å². The van der Waals surface area contributed by atoms with E-state index in [0.717, 1.165) is 15.4 Å². The normalized spacial score (nSPS) is 11.9. The van der Waals surface area contributed by atoms with Crippen molar-refractivity contribution in [1.29, 1.82) is 0 Å². The fourth-order valence-electron chi connectivity index (χ4n) is 4.56. The maximum Gasteiger partial charge on any atom is 0.264 e. The number of aryl methyl sites for hydroxylation is 1. The van der Waals surface area contributed by atoms with Gasteiger partial charge in [0.15, 0.2) is 0 Å². The minimum atomic E-state index is -4.13. The molecule has 0 aliphatic carbocycles. The van der Waals surface area contributed by atoms with E-state index in [-0.39, 0.29) is 23.8 Å². The van der Waals surface area contributed by atoms with Crippen LogP contribution in [0.15, 0.2) is 114 Å². The minimum absolute atomic E-state index is 0.0104. The largest absolute Gasteiger partial charge is 0.357 e.